The lowest BCUT2D eigenvalue weighted by atomic mass is 10.2. The van der Waals surface area contributed by atoms with Crippen LogP contribution in [0.2, 0.25) is 5.02 Å². The Bertz CT molecular complexity index is 587. The van der Waals surface area contributed by atoms with Crippen molar-refractivity contribution in [2.75, 3.05) is 11.9 Å². The van der Waals surface area contributed by atoms with Crippen LogP contribution in [0, 0.1) is 0 Å². The summed E-state index contributed by atoms with van der Waals surface area (Å²) in [7, 11) is 0. The number of hydrogen-bond acceptors (Lipinski definition) is 3. The SMILES string of the molecule is OC(CNc1cc(C(F)(F)F)ccc1Cl)Cn1cccn1. The summed E-state index contributed by atoms with van der Waals surface area (Å²) in [6, 6.07) is 4.72. The van der Waals surface area contributed by atoms with E-state index >= 15 is 0 Å². The molecule has 2 N–H and O–H groups in total. The van der Waals surface area contributed by atoms with E-state index in [1.165, 1.54) is 10.7 Å². The number of aliphatic hydroxyl groups excluding tert-OH is 1. The second-order valence-electron chi connectivity index (χ2n) is 4.46. The summed E-state index contributed by atoms with van der Waals surface area (Å²) >= 11 is 5.84. The molecule has 0 fully saturated rings. The summed E-state index contributed by atoms with van der Waals surface area (Å²) in [5.41, 5.74) is -0.665. The molecule has 0 bridgehead atoms. The third-order valence-electron chi connectivity index (χ3n) is 2.78. The van der Waals surface area contributed by atoms with Crippen molar-refractivity contribution in [1.29, 1.82) is 0 Å². The minimum Gasteiger partial charge on any atom is -0.389 e. The first-order valence-electron chi connectivity index (χ1n) is 6.12. The summed E-state index contributed by atoms with van der Waals surface area (Å²) in [6.07, 6.45) is -1.99. The van der Waals surface area contributed by atoms with Gasteiger partial charge in [0.25, 0.3) is 0 Å². The maximum absolute atomic E-state index is 12.6. The molecule has 0 saturated carbocycles. The predicted octanol–water partition coefficient (Wildman–Crippen LogP) is 3.03. The molecule has 0 aliphatic rings. The summed E-state index contributed by atoms with van der Waals surface area (Å²) in [5, 5.41) is 16.6. The molecule has 114 valence electrons. The van der Waals surface area contributed by atoms with Gasteiger partial charge in [-0.3, -0.25) is 4.68 Å². The van der Waals surface area contributed by atoms with Crippen LogP contribution < -0.4 is 5.32 Å². The molecule has 0 radical (unpaired) electrons. The lowest BCUT2D eigenvalue weighted by Gasteiger charge is -2.15. The first-order valence-corrected chi connectivity index (χ1v) is 6.50. The number of alkyl halides is 3. The molecular weight excluding hydrogens is 307 g/mol. The minimum absolute atomic E-state index is 0.0564. The van der Waals surface area contributed by atoms with Gasteiger partial charge in [-0.1, -0.05) is 11.6 Å². The number of nitrogens with one attached hydrogen (secondary N) is 1. The Morgan fingerprint density at radius 3 is 2.76 bits per heavy atom. The van der Waals surface area contributed by atoms with Crippen molar-refractivity contribution in [2.24, 2.45) is 0 Å². The van der Waals surface area contributed by atoms with Crippen LogP contribution in [0.4, 0.5) is 18.9 Å². The van der Waals surface area contributed by atoms with Crippen molar-refractivity contribution in [2.45, 2.75) is 18.8 Å². The summed E-state index contributed by atoms with van der Waals surface area (Å²) in [6.45, 7) is 0.289. The van der Waals surface area contributed by atoms with Crippen LogP contribution in [0.1, 0.15) is 5.56 Å². The van der Waals surface area contributed by atoms with E-state index in [4.69, 9.17) is 11.6 Å². The van der Waals surface area contributed by atoms with Crippen molar-refractivity contribution in [3.05, 3.63) is 47.2 Å². The highest BCUT2D eigenvalue weighted by Gasteiger charge is 2.30. The first-order chi connectivity index (χ1) is 9.86. The molecule has 21 heavy (non-hydrogen) atoms. The minimum atomic E-state index is -4.44. The molecule has 0 spiro atoms. The Kier molecular flexibility index (Phi) is 4.74. The Balaban J connectivity index is 1.99. The van der Waals surface area contributed by atoms with Crippen LogP contribution in [-0.2, 0) is 12.7 Å². The molecular formula is C13H13ClF3N3O. The lowest BCUT2D eigenvalue weighted by Crippen LogP contribution is -2.25. The van der Waals surface area contributed by atoms with Gasteiger partial charge in [0.2, 0.25) is 0 Å². The zero-order chi connectivity index (χ0) is 15.5. The highest BCUT2D eigenvalue weighted by atomic mass is 35.5. The van der Waals surface area contributed by atoms with Crippen LogP contribution in [0.25, 0.3) is 0 Å². The third kappa shape index (κ3) is 4.37. The molecule has 4 nitrogen and oxygen atoms in total. The molecule has 2 rings (SSSR count). The molecule has 0 amide bonds. The fraction of sp³-hybridized carbons (Fsp3) is 0.308. The number of anilines is 1. The van der Waals surface area contributed by atoms with Crippen LogP contribution in [0.15, 0.2) is 36.7 Å². The number of halogens is 4. The average molecular weight is 320 g/mol. The zero-order valence-corrected chi connectivity index (χ0v) is 11.6. The van der Waals surface area contributed by atoms with E-state index in [1.807, 2.05) is 0 Å². The van der Waals surface area contributed by atoms with E-state index in [0.717, 1.165) is 12.1 Å². The third-order valence-corrected chi connectivity index (χ3v) is 3.11. The van der Waals surface area contributed by atoms with Crippen molar-refractivity contribution in [1.82, 2.24) is 9.78 Å². The molecule has 1 aromatic heterocycles. The standard InChI is InChI=1S/C13H13ClF3N3O/c14-11-3-2-9(13(15,16)17)6-12(11)18-7-10(21)8-20-5-1-4-19-20/h1-6,10,18,21H,7-8H2. The van der Waals surface area contributed by atoms with E-state index in [2.05, 4.69) is 10.4 Å². The fourth-order valence-corrected chi connectivity index (χ4v) is 1.94. The highest BCUT2D eigenvalue weighted by molar-refractivity contribution is 6.33. The highest BCUT2D eigenvalue weighted by Crippen LogP contribution is 2.33. The quantitative estimate of drug-likeness (QED) is 0.890. The zero-order valence-electron chi connectivity index (χ0n) is 10.8. The smallest absolute Gasteiger partial charge is 0.389 e. The van der Waals surface area contributed by atoms with Gasteiger partial charge >= 0.3 is 6.18 Å². The van der Waals surface area contributed by atoms with Gasteiger partial charge in [-0.2, -0.15) is 18.3 Å². The van der Waals surface area contributed by atoms with Gasteiger partial charge in [-0.05, 0) is 24.3 Å². The van der Waals surface area contributed by atoms with E-state index in [1.54, 1.807) is 18.5 Å². The van der Waals surface area contributed by atoms with Crippen LogP contribution in [0.5, 0.6) is 0 Å². The predicted molar refractivity (Wildman–Crippen MR) is 73.2 cm³/mol. The van der Waals surface area contributed by atoms with Gasteiger partial charge in [-0.25, -0.2) is 0 Å². The molecule has 0 aliphatic carbocycles. The first kappa shape index (κ1) is 15.7. The van der Waals surface area contributed by atoms with Gasteiger partial charge in [-0.15, -0.1) is 0 Å². The monoisotopic (exact) mass is 319 g/mol. The maximum Gasteiger partial charge on any atom is 0.416 e. The number of rotatable bonds is 5. The molecule has 8 heteroatoms. The van der Waals surface area contributed by atoms with Gasteiger partial charge in [0.1, 0.15) is 0 Å². The number of hydrogen-bond donors (Lipinski definition) is 2. The van der Waals surface area contributed by atoms with Crippen LogP contribution >= 0.6 is 11.6 Å². The largest absolute Gasteiger partial charge is 0.416 e. The van der Waals surface area contributed by atoms with Gasteiger partial charge < -0.3 is 10.4 Å². The van der Waals surface area contributed by atoms with E-state index < -0.39 is 17.8 Å². The van der Waals surface area contributed by atoms with E-state index in [9.17, 15) is 18.3 Å². The molecule has 1 heterocycles. The lowest BCUT2D eigenvalue weighted by molar-refractivity contribution is -0.137. The molecule has 2 aromatic rings. The normalized spacial score (nSPS) is 13.2. The van der Waals surface area contributed by atoms with Gasteiger partial charge in [0.15, 0.2) is 0 Å². The number of benzene rings is 1. The molecule has 1 unspecified atom stereocenters. The second-order valence-corrected chi connectivity index (χ2v) is 4.86. The molecule has 1 aromatic carbocycles. The molecule has 0 saturated heterocycles. The molecule has 1 atom stereocenters. The van der Waals surface area contributed by atoms with E-state index in [0.29, 0.717) is 0 Å². The van der Waals surface area contributed by atoms with E-state index in [-0.39, 0.29) is 23.8 Å². The maximum atomic E-state index is 12.6. The Hall–Kier alpha value is -1.73. The number of nitrogens with zero attached hydrogens (tertiary/aromatic N) is 2. The van der Waals surface area contributed by atoms with Crippen LogP contribution in [-0.4, -0.2) is 27.5 Å². The van der Waals surface area contributed by atoms with Crippen molar-refractivity contribution < 1.29 is 18.3 Å². The fourth-order valence-electron chi connectivity index (χ4n) is 1.75. The van der Waals surface area contributed by atoms with Crippen molar-refractivity contribution in [3.63, 3.8) is 0 Å². The Labute approximate surface area is 124 Å². The van der Waals surface area contributed by atoms with Gasteiger partial charge in [0, 0.05) is 18.9 Å². The van der Waals surface area contributed by atoms with Crippen molar-refractivity contribution in [3.8, 4) is 0 Å². The summed E-state index contributed by atoms with van der Waals surface area (Å²) < 4.78 is 39.4. The Morgan fingerprint density at radius 2 is 2.14 bits per heavy atom. The number of aliphatic hydroxyl groups is 1. The second kappa shape index (κ2) is 6.36. The van der Waals surface area contributed by atoms with Gasteiger partial charge in [0.05, 0.1) is 28.9 Å². The van der Waals surface area contributed by atoms with Crippen molar-refractivity contribution >= 4 is 17.3 Å². The van der Waals surface area contributed by atoms with Crippen LogP contribution in [0.3, 0.4) is 0 Å². The average Bonchev–Trinajstić information content (AvgIpc) is 2.89. The topological polar surface area (TPSA) is 50.1 Å². The summed E-state index contributed by atoms with van der Waals surface area (Å²) in [5.74, 6) is 0. The Morgan fingerprint density at radius 1 is 1.38 bits per heavy atom. The molecule has 0 aliphatic heterocycles. The number of aromatic nitrogens is 2. The summed E-state index contributed by atoms with van der Waals surface area (Å²) in [4.78, 5) is 0.